The Labute approximate surface area is 330 Å². The lowest BCUT2D eigenvalue weighted by molar-refractivity contribution is 1.26. The van der Waals surface area contributed by atoms with E-state index in [1.54, 1.807) is 0 Å². The van der Waals surface area contributed by atoms with E-state index in [2.05, 4.69) is 211 Å². The van der Waals surface area contributed by atoms with Crippen LogP contribution >= 0.6 is 0 Å². The van der Waals surface area contributed by atoms with Gasteiger partial charge in [-0.25, -0.2) is 4.98 Å². The van der Waals surface area contributed by atoms with Gasteiger partial charge in [-0.15, -0.1) is 0 Å². The van der Waals surface area contributed by atoms with Crippen molar-refractivity contribution in [1.82, 2.24) is 9.38 Å². The van der Waals surface area contributed by atoms with E-state index < -0.39 is 0 Å². The largest absolute Gasteiger partial charge is 0.299 e. The van der Waals surface area contributed by atoms with E-state index in [-0.39, 0.29) is 0 Å². The zero-order chi connectivity index (χ0) is 37.5. The van der Waals surface area contributed by atoms with E-state index in [0.717, 1.165) is 22.4 Å². The number of benzene rings is 9. The molecule has 11 aromatic rings. The normalized spacial score (nSPS) is 11.9. The Bertz CT molecular complexity index is 3270. The number of imidazole rings is 1. The van der Waals surface area contributed by atoms with Crippen LogP contribution in [0.5, 0.6) is 0 Å². The maximum absolute atomic E-state index is 4.95. The van der Waals surface area contributed by atoms with E-state index >= 15 is 0 Å². The number of nitrogens with zero attached hydrogens (tertiary/aromatic N) is 2. The molecule has 2 heterocycles. The number of aromatic nitrogens is 2. The Morgan fingerprint density at radius 2 is 0.842 bits per heavy atom. The molecule has 264 valence electrons. The second-order valence-electron chi connectivity index (χ2n) is 15.1. The van der Waals surface area contributed by atoms with Crippen molar-refractivity contribution < 1.29 is 0 Å². The summed E-state index contributed by atoms with van der Waals surface area (Å²) >= 11 is 0. The predicted octanol–water partition coefficient (Wildman–Crippen LogP) is 14.8. The fourth-order valence-electron chi connectivity index (χ4n) is 9.39. The molecule has 0 atom stereocenters. The molecule has 0 aliphatic heterocycles. The first-order valence-corrected chi connectivity index (χ1v) is 19.6. The third-order valence-electron chi connectivity index (χ3n) is 12.0. The topological polar surface area (TPSA) is 17.3 Å². The molecule has 12 rings (SSSR count). The average Bonchev–Trinajstić information content (AvgIpc) is 3.88. The van der Waals surface area contributed by atoms with Gasteiger partial charge in [0.2, 0.25) is 0 Å². The van der Waals surface area contributed by atoms with Crippen LogP contribution in [0.1, 0.15) is 0 Å². The Balaban J connectivity index is 0.961. The van der Waals surface area contributed by atoms with Crippen LogP contribution < -0.4 is 0 Å². The highest BCUT2D eigenvalue weighted by molar-refractivity contribution is 6.28. The second-order valence-corrected chi connectivity index (χ2v) is 15.1. The molecule has 2 aromatic heterocycles. The summed E-state index contributed by atoms with van der Waals surface area (Å²) in [5, 5.41) is 6.37. The van der Waals surface area contributed by atoms with Crippen LogP contribution in [0.3, 0.4) is 0 Å². The minimum Gasteiger partial charge on any atom is -0.299 e. The van der Waals surface area contributed by atoms with Gasteiger partial charge in [-0.05, 0) is 112 Å². The molecule has 2 heteroatoms. The molecule has 0 saturated carbocycles. The highest BCUT2D eigenvalue weighted by Crippen LogP contribution is 2.58. The molecule has 57 heavy (non-hydrogen) atoms. The summed E-state index contributed by atoms with van der Waals surface area (Å²) in [6.45, 7) is 0. The minimum atomic E-state index is 0.956. The summed E-state index contributed by atoms with van der Waals surface area (Å²) in [4.78, 5) is 4.95. The van der Waals surface area contributed by atoms with Crippen molar-refractivity contribution in [2.24, 2.45) is 0 Å². The number of rotatable bonds is 5. The van der Waals surface area contributed by atoms with Crippen molar-refractivity contribution in [2.75, 3.05) is 0 Å². The van der Waals surface area contributed by atoms with Crippen LogP contribution in [0.15, 0.2) is 206 Å². The van der Waals surface area contributed by atoms with E-state index in [1.165, 1.54) is 93.7 Å². The van der Waals surface area contributed by atoms with Crippen molar-refractivity contribution >= 4 is 38.1 Å². The predicted molar refractivity (Wildman–Crippen MR) is 239 cm³/mol. The average molecular weight is 723 g/mol. The van der Waals surface area contributed by atoms with Gasteiger partial charge < -0.3 is 0 Å². The van der Waals surface area contributed by atoms with E-state index in [4.69, 9.17) is 4.98 Å². The van der Waals surface area contributed by atoms with Crippen molar-refractivity contribution in [2.45, 2.75) is 0 Å². The molecule has 0 saturated heterocycles. The molecule has 2 nitrogen and oxygen atoms in total. The molecule has 0 spiro atoms. The van der Waals surface area contributed by atoms with E-state index in [9.17, 15) is 0 Å². The summed E-state index contributed by atoms with van der Waals surface area (Å²) in [6, 6.07) is 73.0. The Morgan fingerprint density at radius 1 is 0.316 bits per heavy atom. The van der Waals surface area contributed by atoms with Gasteiger partial charge in [0.05, 0.1) is 11.2 Å². The van der Waals surface area contributed by atoms with Crippen molar-refractivity contribution in [1.29, 1.82) is 0 Å². The first kappa shape index (κ1) is 31.8. The lowest BCUT2D eigenvalue weighted by Crippen LogP contribution is -1.93. The molecule has 0 N–H and O–H groups in total. The number of hydrogen-bond acceptors (Lipinski definition) is 1. The molecule has 0 fully saturated rings. The van der Waals surface area contributed by atoms with Gasteiger partial charge in [-0.1, -0.05) is 182 Å². The van der Waals surface area contributed by atoms with Crippen LogP contribution in [0.2, 0.25) is 0 Å². The number of para-hydroxylation sites is 1. The van der Waals surface area contributed by atoms with Crippen LogP contribution in [-0.4, -0.2) is 9.38 Å². The molecule has 0 amide bonds. The summed E-state index contributed by atoms with van der Waals surface area (Å²) in [5.41, 5.74) is 19.4. The minimum absolute atomic E-state index is 0.956. The summed E-state index contributed by atoms with van der Waals surface area (Å²) in [7, 11) is 0. The molecular formula is C55H34N2. The van der Waals surface area contributed by atoms with Crippen LogP contribution in [-0.2, 0) is 0 Å². The van der Waals surface area contributed by atoms with Gasteiger partial charge in [0.15, 0.2) is 0 Å². The quantitative estimate of drug-likeness (QED) is 0.173. The number of fused-ring (bicyclic) bond motifs is 7. The van der Waals surface area contributed by atoms with Gasteiger partial charge in [0, 0.05) is 11.8 Å². The molecule has 0 bridgehead atoms. The maximum Gasteiger partial charge on any atom is 0.137 e. The van der Waals surface area contributed by atoms with Gasteiger partial charge in [0.25, 0.3) is 0 Å². The number of hydrogen-bond donors (Lipinski definition) is 0. The monoisotopic (exact) mass is 722 g/mol. The molecule has 0 radical (unpaired) electrons. The first-order valence-electron chi connectivity index (χ1n) is 19.6. The zero-order valence-corrected chi connectivity index (χ0v) is 31.0. The number of pyridine rings is 1. The van der Waals surface area contributed by atoms with Gasteiger partial charge in [-0.2, -0.15) is 0 Å². The van der Waals surface area contributed by atoms with Crippen LogP contribution in [0, 0.1) is 0 Å². The Hall–Kier alpha value is -7.55. The summed E-state index contributed by atoms with van der Waals surface area (Å²) in [6.07, 6.45) is 2.14. The summed E-state index contributed by atoms with van der Waals surface area (Å²) in [5.74, 6) is 0. The lowest BCUT2D eigenvalue weighted by atomic mass is 9.82. The zero-order valence-electron chi connectivity index (χ0n) is 31.0. The molecule has 9 aromatic carbocycles. The van der Waals surface area contributed by atoms with Crippen LogP contribution in [0.4, 0.5) is 0 Å². The van der Waals surface area contributed by atoms with Crippen molar-refractivity contribution in [3.63, 3.8) is 0 Å². The van der Waals surface area contributed by atoms with E-state index in [0.29, 0.717) is 0 Å². The first-order chi connectivity index (χ1) is 28.3. The smallest absolute Gasteiger partial charge is 0.137 e. The molecule has 0 unspecified atom stereocenters. The Kier molecular flexibility index (Phi) is 6.96. The van der Waals surface area contributed by atoms with Crippen molar-refractivity contribution in [3.8, 4) is 78.0 Å². The molecular weight excluding hydrogens is 689 g/mol. The Morgan fingerprint density at radius 3 is 1.51 bits per heavy atom. The second kappa shape index (κ2) is 12.5. The van der Waals surface area contributed by atoms with Gasteiger partial charge >= 0.3 is 0 Å². The van der Waals surface area contributed by atoms with Gasteiger partial charge in [-0.3, -0.25) is 4.40 Å². The third kappa shape index (κ3) is 4.87. The molecule has 1 aliphatic carbocycles. The van der Waals surface area contributed by atoms with Crippen LogP contribution in [0.25, 0.3) is 116 Å². The standard InChI is InChI=1S/C55H34N2/c1-3-13-40(14-4-1)51-44-17-8-9-18-45(44)52(41-15-5-2-6-16-41)55-47-32-31-42(43-19-11-20-46(53(43)47)54(51)55)37-26-22-35(23-27-37)36-24-28-38(29-25-36)48-34-57-49-21-10-7-12-39(49)30-33-50(57)56-48/h1-34H. The lowest BCUT2D eigenvalue weighted by Gasteiger charge is -2.20. The van der Waals surface area contributed by atoms with E-state index in [1.807, 2.05) is 0 Å². The fraction of sp³-hybridized carbons (Fsp3) is 0. The van der Waals surface area contributed by atoms with Crippen molar-refractivity contribution in [3.05, 3.63) is 206 Å². The summed E-state index contributed by atoms with van der Waals surface area (Å²) < 4.78 is 2.18. The third-order valence-corrected chi connectivity index (χ3v) is 12.0. The molecule has 1 aliphatic rings. The van der Waals surface area contributed by atoms with Gasteiger partial charge in [0.1, 0.15) is 5.65 Å². The maximum atomic E-state index is 4.95. The highest BCUT2D eigenvalue weighted by Gasteiger charge is 2.31. The fourth-order valence-corrected chi connectivity index (χ4v) is 9.39. The SMILES string of the molecule is c1ccc(-c2c3c(c(-c4ccccc4)c4ccccc24)-c2ccc(-c4ccc(-c5ccc(-c6cn7c(ccc8ccccc87)n6)cc5)cc4)c4cccc-3c24)cc1. The highest BCUT2D eigenvalue weighted by atomic mass is 15.0.